The van der Waals surface area contributed by atoms with Gasteiger partial charge in [-0.3, -0.25) is 0 Å². The Balaban J connectivity index is 1.17. The fourth-order valence-corrected chi connectivity index (χ4v) is 10.9. The number of fused-ring (bicyclic) bond motifs is 8. The number of rotatable bonds is 6. The van der Waals surface area contributed by atoms with Crippen molar-refractivity contribution in [3.05, 3.63) is 252 Å². The van der Waals surface area contributed by atoms with Gasteiger partial charge in [0.1, 0.15) is 0 Å². The molecule has 0 amide bonds. The third-order valence-corrected chi connectivity index (χ3v) is 14.1. The van der Waals surface area contributed by atoms with Crippen molar-refractivity contribution in [2.75, 3.05) is 0 Å². The second-order valence-corrected chi connectivity index (χ2v) is 18.1. The average molecular weight is 913 g/mol. The molecule has 0 atom stereocenters. The first-order valence-electron chi connectivity index (χ1n) is 23.6. The van der Waals surface area contributed by atoms with Crippen LogP contribution in [0.1, 0.15) is 11.1 Å². The lowest BCUT2D eigenvalue weighted by molar-refractivity contribution is 1.18. The molecule has 72 heavy (non-hydrogen) atoms. The van der Waals surface area contributed by atoms with E-state index < -0.39 is 0 Å². The Morgan fingerprint density at radius 2 is 0.681 bits per heavy atom. The first-order valence-corrected chi connectivity index (χ1v) is 23.6. The lowest BCUT2D eigenvalue weighted by Gasteiger charge is -2.21. The van der Waals surface area contributed by atoms with Gasteiger partial charge in [-0.15, -0.1) is 0 Å². The summed E-state index contributed by atoms with van der Waals surface area (Å²) in [5, 5.41) is 27.9. The largest absolute Gasteiger partial charge is 0.309 e. The van der Waals surface area contributed by atoms with Crippen LogP contribution in [0.5, 0.6) is 0 Å². The minimum Gasteiger partial charge on any atom is -0.309 e. The molecule has 0 aliphatic heterocycles. The van der Waals surface area contributed by atoms with E-state index in [9.17, 15) is 10.5 Å². The second-order valence-electron chi connectivity index (χ2n) is 18.1. The van der Waals surface area contributed by atoms with Crippen LogP contribution in [0.4, 0.5) is 11.4 Å². The molecule has 2 heterocycles. The Bertz CT molecular complexity index is 4170. The van der Waals surface area contributed by atoms with E-state index in [0.29, 0.717) is 22.5 Å². The van der Waals surface area contributed by atoms with Crippen LogP contribution in [0.2, 0.25) is 0 Å². The quantitative estimate of drug-likeness (QED) is 0.123. The van der Waals surface area contributed by atoms with Crippen molar-refractivity contribution in [1.29, 1.82) is 10.5 Å². The molecule has 0 fully saturated rings. The van der Waals surface area contributed by atoms with Crippen LogP contribution in [-0.2, 0) is 0 Å². The summed E-state index contributed by atoms with van der Waals surface area (Å²) in [5.41, 5.74) is 16.6. The van der Waals surface area contributed by atoms with Gasteiger partial charge < -0.3 is 9.13 Å². The molecule has 0 unspecified atom stereocenters. The van der Waals surface area contributed by atoms with Crippen LogP contribution < -0.4 is 0 Å². The molecular formula is C66H36N6. The van der Waals surface area contributed by atoms with E-state index in [0.717, 1.165) is 121 Å². The predicted molar refractivity (Wildman–Crippen MR) is 294 cm³/mol. The fraction of sp³-hybridized carbons (Fsp3) is 0. The fourth-order valence-electron chi connectivity index (χ4n) is 10.9. The van der Waals surface area contributed by atoms with E-state index in [2.05, 4.69) is 164 Å². The highest BCUT2D eigenvalue weighted by atomic mass is 15.0. The van der Waals surface area contributed by atoms with Crippen molar-refractivity contribution in [1.82, 2.24) is 9.13 Å². The first-order chi connectivity index (χ1) is 35.5. The third kappa shape index (κ3) is 6.61. The van der Waals surface area contributed by atoms with Crippen LogP contribution in [0.25, 0.3) is 131 Å². The Kier molecular flexibility index (Phi) is 9.62. The van der Waals surface area contributed by atoms with Crippen LogP contribution in [0, 0.1) is 35.8 Å². The predicted octanol–water partition coefficient (Wildman–Crippen LogP) is 17.7. The highest BCUT2D eigenvalue weighted by Gasteiger charge is 2.23. The zero-order valence-corrected chi connectivity index (χ0v) is 38.5. The zero-order chi connectivity index (χ0) is 48.5. The van der Waals surface area contributed by atoms with Crippen molar-refractivity contribution in [3.8, 4) is 68.0 Å². The molecule has 0 saturated carbocycles. The molecule has 0 aliphatic rings. The van der Waals surface area contributed by atoms with Gasteiger partial charge in [-0.05, 0) is 174 Å². The molecule has 0 radical (unpaired) electrons. The maximum Gasteiger partial charge on any atom is 0.188 e. The molecule has 0 saturated heterocycles. The lowest BCUT2D eigenvalue weighted by atomic mass is 9.84. The molecule has 13 rings (SSSR count). The Morgan fingerprint density at radius 3 is 1.08 bits per heavy atom. The molecule has 0 bridgehead atoms. The van der Waals surface area contributed by atoms with Gasteiger partial charge >= 0.3 is 0 Å². The average Bonchev–Trinajstić information content (AvgIpc) is 3.95. The molecule has 11 aromatic carbocycles. The molecule has 6 heteroatoms. The van der Waals surface area contributed by atoms with Crippen molar-refractivity contribution in [2.24, 2.45) is 0 Å². The number of aromatic nitrogens is 2. The molecule has 13 aromatic rings. The van der Waals surface area contributed by atoms with Gasteiger partial charge in [0.25, 0.3) is 0 Å². The number of hydrogen-bond acceptors (Lipinski definition) is 2. The molecule has 2 aromatic heterocycles. The summed E-state index contributed by atoms with van der Waals surface area (Å²) in [6, 6.07) is 80.0. The summed E-state index contributed by atoms with van der Waals surface area (Å²) in [7, 11) is 0. The molecule has 6 nitrogen and oxygen atoms in total. The van der Waals surface area contributed by atoms with Crippen LogP contribution >= 0.6 is 0 Å². The van der Waals surface area contributed by atoms with Gasteiger partial charge in [0.2, 0.25) is 0 Å². The minimum atomic E-state index is 0.539. The highest BCUT2D eigenvalue weighted by Crippen LogP contribution is 2.48. The standard InChI is InChI=1S/C66H36N6/c1-69-49-21-29-63-57(35-49)55-31-41(39-67)19-27-61(55)71(63)51-23-25-53-59(37-51)65(47-17-9-15-45(33-47)43-11-5-3-6-12-43)54-26-24-52(38-60(54)66(53)48-18-10-16-46(34-48)44-13-7-4-8-14-44)72-62-28-20-42(40-68)32-56(62)58-36-50(70-2)22-30-64(58)72/h3-38H. The SMILES string of the molecule is [C-]#[N+]c1ccc2c(c1)c1cc(C#N)ccc1n2-c1ccc2c(-c3cccc(-c4ccccc4)c3)c3cc(-n4c5ccc(C#N)cc5c5cc([N+]#[C-])ccc54)ccc3c(-c3cccc(-c4ccccc4)c3)c2c1. The van der Waals surface area contributed by atoms with Gasteiger partial charge in [-0.1, -0.05) is 121 Å². The first kappa shape index (κ1) is 41.7. The maximum absolute atomic E-state index is 10.0. The molecule has 0 aliphatic carbocycles. The smallest absolute Gasteiger partial charge is 0.188 e. The van der Waals surface area contributed by atoms with E-state index in [-0.39, 0.29) is 0 Å². The molecule has 0 N–H and O–H groups in total. The summed E-state index contributed by atoms with van der Waals surface area (Å²) in [5.74, 6) is 0. The van der Waals surface area contributed by atoms with Gasteiger partial charge in [-0.25, -0.2) is 9.69 Å². The summed E-state index contributed by atoms with van der Waals surface area (Å²) in [6.45, 7) is 15.7. The molecule has 330 valence electrons. The van der Waals surface area contributed by atoms with Crippen molar-refractivity contribution < 1.29 is 0 Å². The Hall–Kier alpha value is -10.5. The number of hydrogen-bond donors (Lipinski definition) is 0. The second kappa shape index (κ2) is 16.6. The van der Waals surface area contributed by atoms with E-state index in [1.165, 1.54) is 0 Å². The van der Waals surface area contributed by atoms with Crippen molar-refractivity contribution >= 4 is 76.5 Å². The van der Waals surface area contributed by atoms with E-state index >= 15 is 0 Å². The summed E-state index contributed by atoms with van der Waals surface area (Å²) < 4.78 is 4.51. The monoisotopic (exact) mass is 912 g/mol. The van der Waals surface area contributed by atoms with Crippen molar-refractivity contribution in [3.63, 3.8) is 0 Å². The van der Waals surface area contributed by atoms with Crippen LogP contribution in [0.15, 0.2) is 218 Å². The maximum atomic E-state index is 10.0. The van der Waals surface area contributed by atoms with Crippen LogP contribution in [0.3, 0.4) is 0 Å². The molecule has 0 spiro atoms. The Morgan fingerprint density at radius 1 is 0.306 bits per heavy atom. The Labute approximate surface area is 414 Å². The highest BCUT2D eigenvalue weighted by molar-refractivity contribution is 6.23. The third-order valence-electron chi connectivity index (χ3n) is 14.1. The number of nitrogens with zero attached hydrogens (tertiary/aromatic N) is 6. The summed E-state index contributed by atoms with van der Waals surface area (Å²) in [6.07, 6.45) is 0. The van der Waals surface area contributed by atoms with Gasteiger partial charge in [-0.2, -0.15) is 10.5 Å². The van der Waals surface area contributed by atoms with E-state index in [1.54, 1.807) is 0 Å². The summed E-state index contributed by atoms with van der Waals surface area (Å²) >= 11 is 0. The van der Waals surface area contributed by atoms with Gasteiger partial charge in [0.05, 0.1) is 58.5 Å². The minimum absolute atomic E-state index is 0.539. The molecular weight excluding hydrogens is 877 g/mol. The zero-order valence-electron chi connectivity index (χ0n) is 38.5. The normalized spacial score (nSPS) is 11.3. The summed E-state index contributed by atoms with van der Waals surface area (Å²) in [4.78, 5) is 7.56. The van der Waals surface area contributed by atoms with Gasteiger partial charge in [0, 0.05) is 22.1 Å². The number of benzene rings is 11. The van der Waals surface area contributed by atoms with Crippen molar-refractivity contribution in [2.45, 2.75) is 0 Å². The van der Waals surface area contributed by atoms with E-state index in [1.807, 2.05) is 84.9 Å². The van der Waals surface area contributed by atoms with Gasteiger partial charge in [0.15, 0.2) is 11.4 Å². The van der Waals surface area contributed by atoms with E-state index in [4.69, 9.17) is 13.1 Å². The van der Waals surface area contributed by atoms with Crippen LogP contribution in [-0.4, -0.2) is 9.13 Å². The lowest BCUT2D eigenvalue weighted by Crippen LogP contribution is -1.98. The topological polar surface area (TPSA) is 66.2 Å². The number of nitriles is 2.